The number of carbonyl (C=O) groups excluding carboxylic acids is 1. The molecule has 1 aliphatic heterocycles. The molecular weight excluding hydrogens is 470 g/mol. The Balaban J connectivity index is 1.37. The van der Waals surface area contributed by atoms with Gasteiger partial charge in [0.2, 0.25) is 11.1 Å². The number of nitrogens with one attached hydrogen (secondary N) is 2. The van der Waals surface area contributed by atoms with E-state index in [1.54, 1.807) is 11.8 Å². The fourth-order valence-electron chi connectivity index (χ4n) is 5.18. The first-order valence-electron chi connectivity index (χ1n) is 12.6. The first-order chi connectivity index (χ1) is 17.7. The van der Waals surface area contributed by atoms with E-state index >= 15 is 0 Å². The van der Waals surface area contributed by atoms with Crippen LogP contribution in [-0.4, -0.2) is 31.8 Å². The lowest BCUT2D eigenvalue weighted by Crippen LogP contribution is -2.31. The molecule has 184 valence electrons. The second kappa shape index (κ2) is 9.85. The van der Waals surface area contributed by atoms with Crippen molar-refractivity contribution in [2.75, 3.05) is 5.32 Å². The predicted octanol–water partition coefficient (Wildman–Crippen LogP) is 6.22. The lowest BCUT2D eigenvalue weighted by molar-refractivity contribution is -0.146. The van der Waals surface area contributed by atoms with Gasteiger partial charge in [0.05, 0.1) is 5.57 Å². The smallest absolute Gasteiger partial charge is 0.338 e. The number of aromatic nitrogens is 4. The van der Waals surface area contributed by atoms with Gasteiger partial charge in [0.15, 0.2) is 0 Å². The fourth-order valence-corrected chi connectivity index (χ4v) is 5.97. The number of thioether (sulfide) groups is 1. The number of fused-ring (bicyclic) bond motifs is 2. The number of hydrogen-bond acceptors (Lipinski definition) is 6. The van der Waals surface area contributed by atoms with Gasteiger partial charge in [-0.2, -0.15) is 4.98 Å². The van der Waals surface area contributed by atoms with E-state index in [0.29, 0.717) is 16.7 Å². The lowest BCUT2D eigenvalue weighted by atomic mass is 9.94. The third-order valence-electron chi connectivity index (χ3n) is 7.01. The minimum absolute atomic E-state index is 0.0238. The molecule has 2 aromatic heterocycles. The van der Waals surface area contributed by atoms with Gasteiger partial charge in [-0.3, -0.25) is 0 Å². The lowest BCUT2D eigenvalue weighted by Gasteiger charge is -2.29. The van der Waals surface area contributed by atoms with Crippen LogP contribution in [0.2, 0.25) is 0 Å². The Morgan fingerprint density at radius 1 is 1.08 bits per heavy atom. The van der Waals surface area contributed by atoms with Crippen LogP contribution in [-0.2, 0) is 15.3 Å². The van der Waals surface area contributed by atoms with Crippen molar-refractivity contribution in [3.05, 3.63) is 83.2 Å². The molecule has 7 nitrogen and oxygen atoms in total. The number of aromatic amines is 1. The summed E-state index contributed by atoms with van der Waals surface area (Å²) in [6.07, 6.45) is 7.23. The van der Waals surface area contributed by atoms with Gasteiger partial charge < -0.3 is 15.0 Å². The van der Waals surface area contributed by atoms with E-state index in [0.717, 1.165) is 53.6 Å². The molecular formula is C28H29N5O2S. The van der Waals surface area contributed by atoms with Gasteiger partial charge in [0, 0.05) is 34.1 Å². The highest BCUT2D eigenvalue weighted by molar-refractivity contribution is 7.98. The van der Waals surface area contributed by atoms with Crippen molar-refractivity contribution < 1.29 is 9.53 Å². The van der Waals surface area contributed by atoms with Crippen molar-refractivity contribution in [1.29, 1.82) is 0 Å². The highest BCUT2D eigenvalue weighted by Gasteiger charge is 2.37. The molecule has 36 heavy (non-hydrogen) atoms. The van der Waals surface area contributed by atoms with Crippen LogP contribution in [0.4, 0.5) is 5.95 Å². The number of hydrogen-bond donors (Lipinski definition) is 2. The van der Waals surface area contributed by atoms with Crippen LogP contribution in [0.1, 0.15) is 56.2 Å². The number of H-pyrrole nitrogens is 1. The summed E-state index contributed by atoms with van der Waals surface area (Å²) in [5, 5.41) is 9.93. The molecule has 8 heteroatoms. The van der Waals surface area contributed by atoms with Crippen molar-refractivity contribution in [3.63, 3.8) is 0 Å². The van der Waals surface area contributed by atoms with Crippen LogP contribution < -0.4 is 5.32 Å². The fraction of sp³-hybridized carbons (Fsp3) is 0.321. The summed E-state index contributed by atoms with van der Waals surface area (Å²) in [7, 11) is 0. The molecule has 0 saturated heterocycles. The van der Waals surface area contributed by atoms with Crippen molar-refractivity contribution in [1.82, 2.24) is 19.7 Å². The first kappa shape index (κ1) is 22.9. The SMILES string of the molecule is CC1=C(C(=O)OC2CCCCC2)C(c2c[nH]c3ccccc23)n2nc(SCc3ccccc3)nc2N1. The Kier molecular flexibility index (Phi) is 6.27. The van der Waals surface area contributed by atoms with Crippen LogP contribution >= 0.6 is 11.8 Å². The quantitative estimate of drug-likeness (QED) is 0.242. The van der Waals surface area contributed by atoms with Crippen molar-refractivity contribution in [2.45, 2.75) is 62.1 Å². The molecule has 4 aromatic rings. The number of carbonyl (C=O) groups is 1. The van der Waals surface area contributed by atoms with E-state index in [1.165, 1.54) is 12.0 Å². The van der Waals surface area contributed by atoms with Crippen LogP contribution in [0.25, 0.3) is 10.9 Å². The predicted molar refractivity (Wildman–Crippen MR) is 142 cm³/mol. The number of benzene rings is 2. The highest BCUT2D eigenvalue weighted by Crippen LogP contribution is 2.40. The number of ether oxygens (including phenoxy) is 1. The molecule has 0 amide bonds. The highest BCUT2D eigenvalue weighted by atomic mass is 32.2. The van der Waals surface area contributed by atoms with E-state index in [9.17, 15) is 4.79 Å². The zero-order chi connectivity index (χ0) is 24.5. The van der Waals surface area contributed by atoms with Crippen molar-refractivity contribution in [3.8, 4) is 0 Å². The monoisotopic (exact) mass is 499 g/mol. The molecule has 3 heterocycles. The molecule has 1 atom stereocenters. The number of esters is 1. The molecule has 2 aliphatic rings. The summed E-state index contributed by atoms with van der Waals surface area (Å²) in [5.41, 5.74) is 4.55. The summed E-state index contributed by atoms with van der Waals surface area (Å²) < 4.78 is 7.90. The minimum Gasteiger partial charge on any atom is -0.459 e. The van der Waals surface area contributed by atoms with Crippen molar-refractivity contribution >= 4 is 34.6 Å². The van der Waals surface area contributed by atoms with E-state index in [1.807, 2.05) is 54.2 Å². The largest absolute Gasteiger partial charge is 0.459 e. The summed E-state index contributed by atoms with van der Waals surface area (Å²) in [6.45, 7) is 1.92. The Labute approximate surface area is 214 Å². The number of rotatable bonds is 6. The Hall–Kier alpha value is -3.52. The molecule has 2 aromatic carbocycles. The van der Waals surface area contributed by atoms with Crippen LogP contribution in [0.3, 0.4) is 0 Å². The Morgan fingerprint density at radius 2 is 1.86 bits per heavy atom. The molecule has 1 saturated carbocycles. The summed E-state index contributed by atoms with van der Waals surface area (Å²) in [4.78, 5) is 21.8. The van der Waals surface area contributed by atoms with Crippen molar-refractivity contribution in [2.24, 2.45) is 0 Å². The molecule has 1 aliphatic carbocycles. The normalized spacial score (nSPS) is 18.2. The van der Waals surface area contributed by atoms with Crippen LogP contribution in [0, 0.1) is 0 Å². The molecule has 0 radical (unpaired) electrons. The zero-order valence-corrected chi connectivity index (χ0v) is 21.1. The van der Waals surface area contributed by atoms with Crippen LogP contribution in [0.15, 0.2) is 77.2 Å². The molecule has 1 unspecified atom stereocenters. The number of anilines is 1. The molecule has 1 fully saturated rings. The van der Waals surface area contributed by atoms with E-state index in [4.69, 9.17) is 14.8 Å². The second-order valence-corrected chi connectivity index (χ2v) is 10.4. The maximum atomic E-state index is 13.6. The second-order valence-electron chi connectivity index (χ2n) is 9.46. The van der Waals surface area contributed by atoms with E-state index in [2.05, 4.69) is 28.5 Å². The third-order valence-corrected chi connectivity index (χ3v) is 7.91. The number of para-hydroxylation sites is 1. The topological polar surface area (TPSA) is 84.8 Å². The summed E-state index contributed by atoms with van der Waals surface area (Å²) >= 11 is 1.58. The average molecular weight is 500 g/mol. The average Bonchev–Trinajstić information content (AvgIpc) is 3.52. The summed E-state index contributed by atoms with van der Waals surface area (Å²) in [6, 6.07) is 18.0. The number of allylic oxidation sites excluding steroid dienone is 1. The maximum Gasteiger partial charge on any atom is 0.338 e. The molecule has 2 N–H and O–H groups in total. The van der Waals surface area contributed by atoms with Gasteiger partial charge >= 0.3 is 5.97 Å². The van der Waals surface area contributed by atoms with Gasteiger partial charge in [0.25, 0.3) is 0 Å². The summed E-state index contributed by atoms with van der Waals surface area (Å²) in [5.74, 6) is 1.12. The van der Waals surface area contributed by atoms with Gasteiger partial charge in [-0.15, -0.1) is 5.10 Å². The van der Waals surface area contributed by atoms with E-state index < -0.39 is 6.04 Å². The molecule has 0 spiro atoms. The Morgan fingerprint density at radius 3 is 2.69 bits per heavy atom. The van der Waals surface area contributed by atoms with Gasteiger partial charge in [-0.05, 0) is 44.2 Å². The van der Waals surface area contributed by atoms with Gasteiger partial charge in [-0.25, -0.2) is 9.48 Å². The standard InChI is InChI=1S/C28H29N5O2S/c1-18-24(26(34)35-20-12-6-3-7-13-20)25(22-16-29-23-15-9-8-14-21(22)23)33-27(30-18)31-28(32-33)36-17-19-10-4-2-5-11-19/h2,4-5,8-11,14-16,20,25,29H,3,6-7,12-13,17H2,1H3,(H,30,31,32). The van der Waals surface area contributed by atoms with Gasteiger partial charge in [-0.1, -0.05) is 66.7 Å². The van der Waals surface area contributed by atoms with Gasteiger partial charge in [0.1, 0.15) is 12.1 Å². The van der Waals surface area contributed by atoms with E-state index in [-0.39, 0.29) is 12.1 Å². The van der Waals surface area contributed by atoms with Crippen LogP contribution in [0.5, 0.6) is 0 Å². The number of nitrogens with zero attached hydrogens (tertiary/aromatic N) is 3. The first-order valence-corrected chi connectivity index (χ1v) is 13.5. The maximum absolute atomic E-state index is 13.6. The molecule has 6 rings (SSSR count). The zero-order valence-electron chi connectivity index (χ0n) is 20.2. The Bertz CT molecular complexity index is 1420. The minimum atomic E-state index is -0.438. The third kappa shape index (κ3) is 4.41. The molecule has 0 bridgehead atoms.